The number of carbonyl (C=O) groups is 1. The maximum Gasteiger partial charge on any atom is 0.254 e. The Labute approximate surface area is 251 Å². The monoisotopic (exact) mass is 583 g/mol. The molecule has 8 heteroatoms. The highest BCUT2D eigenvalue weighted by Gasteiger charge is 2.47. The third-order valence-corrected chi connectivity index (χ3v) is 11.8. The molecule has 4 aliphatic rings. The fraction of sp³-hybridized carbons (Fsp3) is 0.500. The molecule has 4 heterocycles. The number of benzene rings is 2. The zero-order valence-corrected chi connectivity index (χ0v) is 25.5. The molecule has 0 spiro atoms. The van der Waals surface area contributed by atoms with Crippen molar-refractivity contribution in [2.75, 3.05) is 31.6 Å². The van der Waals surface area contributed by atoms with Gasteiger partial charge in [-0.15, -0.1) is 11.3 Å². The summed E-state index contributed by atoms with van der Waals surface area (Å²) in [6.07, 6.45) is 6.84. The molecule has 42 heavy (non-hydrogen) atoms. The molecule has 4 fully saturated rings. The van der Waals surface area contributed by atoms with E-state index in [1.165, 1.54) is 45.6 Å². The van der Waals surface area contributed by atoms with E-state index in [2.05, 4.69) is 46.7 Å². The summed E-state index contributed by atoms with van der Waals surface area (Å²) in [5, 5.41) is 2.39. The van der Waals surface area contributed by atoms with Crippen LogP contribution in [-0.2, 0) is 6.54 Å². The van der Waals surface area contributed by atoms with E-state index in [1.54, 1.807) is 18.4 Å². The van der Waals surface area contributed by atoms with Gasteiger partial charge in [0.2, 0.25) is 0 Å². The van der Waals surface area contributed by atoms with Gasteiger partial charge in [0.05, 0.1) is 23.2 Å². The van der Waals surface area contributed by atoms with Crippen LogP contribution in [0.1, 0.15) is 54.4 Å². The fourth-order valence-electron chi connectivity index (χ4n) is 7.86. The molecule has 2 aliphatic heterocycles. The van der Waals surface area contributed by atoms with Gasteiger partial charge in [0, 0.05) is 71.0 Å². The van der Waals surface area contributed by atoms with E-state index in [0.29, 0.717) is 17.5 Å². The summed E-state index contributed by atoms with van der Waals surface area (Å²) in [4.78, 5) is 19.5. The largest absolute Gasteiger partial charge is 0.496 e. The first kappa shape index (κ1) is 26.5. The number of aryl methyl sites for hydroxylation is 1. The molecule has 220 valence electrons. The summed E-state index contributed by atoms with van der Waals surface area (Å²) in [7, 11) is 1.71. The van der Waals surface area contributed by atoms with Crippen LogP contribution in [0, 0.1) is 18.8 Å². The SMILES string of the molecule is COc1cc(C(=O)N2CC3CCC2[C@@H]3N)cc2sc(-c3cc4ccc(N5CCC(N)CC5)cc4n3CC3CC3)c(C)c12. The number of ether oxygens (including phenoxy) is 1. The summed E-state index contributed by atoms with van der Waals surface area (Å²) in [5.74, 6) is 2.03. The van der Waals surface area contributed by atoms with Crippen molar-refractivity contribution in [3.63, 3.8) is 0 Å². The highest BCUT2D eigenvalue weighted by molar-refractivity contribution is 7.22. The van der Waals surface area contributed by atoms with Gasteiger partial charge in [0.25, 0.3) is 5.91 Å². The van der Waals surface area contributed by atoms with Crippen LogP contribution in [0.25, 0.3) is 31.6 Å². The number of nitrogens with two attached hydrogens (primary N) is 2. The van der Waals surface area contributed by atoms with E-state index in [4.69, 9.17) is 16.2 Å². The molecule has 4 aromatic rings. The van der Waals surface area contributed by atoms with Crippen LogP contribution in [0.2, 0.25) is 0 Å². The highest BCUT2D eigenvalue weighted by atomic mass is 32.1. The number of hydrogen-bond acceptors (Lipinski definition) is 6. The minimum Gasteiger partial charge on any atom is -0.496 e. The van der Waals surface area contributed by atoms with Crippen LogP contribution in [-0.4, -0.2) is 60.2 Å². The maximum atomic E-state index is 13.7. The Morgan fingerprint density at radius 3 is 2.52 bits per heavy atom. The van der Waals surface area contributed by atoms with Gasteiger partial charge in [-0.2, -0.15) is 0 Å². The van der Waals surface area contributed by atoms with Gasteiger partial charge in [0.15, 0.2) is 0 Å². The molecule has 2 unspecified atom stereocenters. The standard InChI is InChI=1S/C34H41N5O2S/c1-19-31-29(41-2)14-23(34(40)39-18-22-6-8-26(39)32(22)36)15-30(31)42-33(19)28-13-21-5-7-25(37-11-9-24(35)10-12-37)16-27(21)38(28)17-20-3-4-20/h5,7,13-16,20,22,24,26,32H,3-4,6,8-12,17-18,35-36H2,1-2H3/t22?,26?,32-/m1/s1. The van der Waals surface area contributed by atoms with Gasteiger partial charge in [-0.3, -0.25) is 4.79 Å². The van der Waals surface area contributed by atoms with Gasteiger partial charge in [-0.25, -0.2) is 0 Å². The molecule has 3 atom stereocenters. The number of carbonyl (C=O) groups excluding carboxylic acids is 1. The number of fused-ring (bicyclic) bond motifs is 4. The van der Waals surface area contributed by atoms with Crippen LogP contribution >= 0.6 is 11.3 Å². The highest BCUT2D eigenvalue weighted by Crippen LogP contribution is 2.46. The zero-order valence-electron chi connectivity index (χ0n) is 24.6. The molecule has 4 N–H and O–H groups in total. The van der Waals surface area contributed by atoms with Crippen molar-refractivity contribution in [3.8, 4) is 16.3 Å². The zero-order chi connectivity index (χ0) is 28.7. The van der Waals surface area contributed by atoms with Crippen molar-refractivity contribution < 1.29 is 9.53 Å². The molecule has 2 bridgehead atoms. The lowest BCUT2D eigenvalue weighted by Crippen LogP contribution is -2.41. The Morgan fingerprint density at radius 1 is 1.02 bits per heavy atom. The van der Waals surface area contributed by atoms with E-state index in [-0.39, 0.29) is 18.0 Å². The summed E-state index contributed by atoms with van der Waals surface area (Å²) in [6, 6.07) is 14.0. The van der Waals surface area contributed by atoms with Crippen LogP contribution < -0.4 is 21.1 Å². The second kappa shape index (κ2) is 10.00. The van der Waals surface area contributed by atoms with Crippen molar-refractivity contribution in [1.29, 1.82) is 0 Å². The van der Waals surface area contributed by atoms with E-state index < -0.39 is 0 Å². The Hall–Kier alpha value is -3.07. The molecular weight excluding hydrogens is 542 g/mol. The molecule has 8 rings (SSSR count). The lowest BCUT2D eigenvalue weighted by atomic mass is 10.0. The van der Waals surface area contributed by atoms with Gasteiger partial charge >= 0.3 is 0 Å². The number of likely N-dealkylation sites (tertiary alicyclic amines) is 1. The topological polar surface area (TPSA) is 89.8 Å². The number of amides is 1. The number of thiophene rings is 1. The number of methoxy groups -OCH3 is 1. The first-order chi connectivity index (χ1) is 20.4. The molecule has 2 aromatic heterocycles. The van der Waals surface area contributed by atoms with Crippen molar-refractivity contribution in [2.45, 2.75) is 70.1 Å². The van der Waals surface area contributed by atoms with Gasteiger partial charge in [-0.1, -0.05) is 6.07 Å². The smallest absolute Gasteiger partial charge is 0.254 e. The molecule has 2 saturated heterocycles. The number of hydrogen-bond donors (Lipinski definition) is 2. The average molecular weight is 584 g/mol. The van der Waals surface area contributed by atoms with Crippen LogP contribution in [0.15, 0.2) is 36.4 Å². The minimum atomic E-state index is 0.0829. The van der Waals surface area contributed by atoms with E-state index in [0.717, 1.165) is 73.6 Å². The van der Waals surface area contributed by atoms with Crippen molar-refractivity contribution in [3.05, 3.63) is 47.5 Å². The number of anilines is 1. The van der Waals surface area contributed by atoms with Gasteiger partial charge in [0.1, 0.15) is 5.75 Å². The third kappa shape index (κ3) is 4.25. The maximum absolute atomic E-state index is 13.7. The van der Waals surface area contributed by atoms with E-state index >= 15 is 0 Å². The van der Waals surface area contributed by atoms with Crippen LogP contribution in [0.4, 0.5) is 5.69 Å². The summed E-state index contributed by atoms with van der Waals surface area (Å²) >= 11 is 1.79. The van der Waals surface area contributed by atoms with E-state index in [9.17, 15) is 4.79 Å². The fourth-order valence-corrected chi connectivity index (χ4v) is 9.15. The van der Waals surface area contributed by atoms with Gasteiger partial charge in [-0.05, 0) is 93.2 Å². The molecule has 7 nitrogen and oxygen atoms in total. The second-order valence-corrected chi connectivity index (χ2v) is 14.3. The minimum absolute atomic E-state index is 0.0829. The van der Waals surface area contributed by atoms with Crippen molar-refractivity contribution >= 4 is 43.9 Å². The number of aromatic nitrogens is 1. The average Bonchev–Trinajstić information content (AvgIpc) is 3.41. The first-order valence-electron chi connectivity index (χ1n) is 15.7. The molecule has 2 saturated carbocycles. The number of nitrogens with zero attached hydrogens (tertiary/aromatic N) is 3. The molecule has 1 amide bonds. The second-order valence-electron chi connectivity index (χ2n) is 13.2. The first-order valence-corrected chi connectivity index (χ1v) is 16.5. The van der Waals surface area contributed by atoms with Crippen LogP contribution in [0.5, 0.6) is 5.75 Å². The quantitative estimate of drug-likeness (QED) is 0.302. The predicted octanol–water partition coefficient (Wildman–Crippen LogP) is 5.74. The molecule has 0 radical (unpaired) electrons. The molecule has 2 aromatic carbocycles. The van der Waals surface area contributed by atoms with Crippen molar-refractivity contribution in [1.82, 2.24) is 9.47 Å². The summed E-state index contributed by atoms with van der Waals surface area (Å²) in [5.41, 5.74) is 18.4. The normalized spacial score (nSPS) is 24.4. The summed E-state index contributed by atoms with van der Waals surface area (Å²) in [6.45, 7) is 6.05. The molecule has 2 aliphatic carbocycles. The number of piperidine rings is 2. The van der Waals surface area contributed by atoms with Crippen molar-refractivity contribution in [2.24, 2.45) is 23.3 Å². The lowest BCUT2D eigenvalue weighted by molar-refractivity contribution is 0.0700. The number of rotatable bonds is 6. The van der Waals surface area contributed by atoms with Crippen LogP contribution in [0.3, 0.4) is 0 Å². The molecular formula is C34H41N5O2S. The predicted molar refractivity (Wildman–Crippen MR) is 172 cm³/mol. The Bertz CT molecular complexity index is 1700. The Morgan fingerprint density at radius 2 is 1.83 bits per heavy atom. The summed E-state index contributed by atoms with van der Waals surface area (Å²) < 4.78 is 9.60. The Kier molecular flexibility index (Phi) is 6.32. The van der Waals surface area contributed by atoms with Gasteiger partial charge < -0.3 is 30.6 Å². The Balaban J connectivity index is 1.21. The lowest BCUT2D eigenvalue weighted by Gasteiger charge is -2.32. The van der Waals surface area contributed by atoms with E-state index in [1.807, 2.05) is 11.0 Å². The third-order valence-electron chi connectivity index (χ3n) is 10.5.